The van der Waals surface area contributed by atoms with E-state index in [0.717, 1.165) is 43.0 Å². The van der Waals surface area contributed by atoms with Crippen LogP contribution < -0.4 is 4.74 Å². The van der Waals surface area contributed by atoms with E-state index < -0.39 is 46.6 Å². The molecule has 1 fully saturated rings. The van der Waals surface area contributed by atoms with E-state index in [1.165, 1.54) is 12.1 Å². The summed E-state index contributed by atoms with van der Waals surface area (Å²) in [4.78, 5) is 26.7. The van der Waals surface area contributed by atoms with Crippen LogP contribution in [-0.2, 0) is 34.1 Å². The molecule has 3 aliphatic rings. The highest BCUT2D eigenvalue weighted by atomic mass is 28.4. The van der Waals surface area contributed by atoms with Crippen LogP contribution in [0.1, 0.15) is 98.5 Å². The van der Waals surface area contributed by atoms with Crippen LogP contribution in [0.15, 0.2) is 48.1 Å². The number of benzene rings is 1. The van der Waals surface area contributed by atoms with E-state index in [1.807, 2.05) is 0 Å². The quantitative estimate of drug-likeness (QED) is 0.129. The first kappa shape index (κ1) is 43.3. The summed E-state index contributed by atoms with van der Waals surface area (Å²) in [6.45, 7) is 21.5. The van der Waals surface area contributed by atoms with Crippen molar-refractivity contribution >= 4 is 28.6 Å². The van der Waals surface area contributed by atoms with Gasteiger partial charge in [-0.15, -0.1) is 0 Å². The summed E-state index contributed by atoms with van der Waals surface area (Å²) in [5.41, 5.74) is 0.219. The molecule has 298 valence electrons. The van der Waals surface area contributed by atoms with Gasteiger partial charge in [0.05, 0.1) is 24.2 Å². The molecule has 0 radical (unpaired) electrons. The van der Waals surface area contributed by atoms with Gasteiger partial charge >= 0.3 is 18.1 Å². The third kappa shape index (κ3) is 11.8. The molecule has 1 aromatic carbocycles. The van der Waals surface area contributed by atoms with Gasteiger partial charge in [0.1, 0.15) is 18.0 Å². The van der Waals surface area contributed by atoms with E-state index in [-0.39, 0.29) is 65.7 Å². The van der Waals surface area contributed by atoms with Gasteiger partial charge in [0.2, 0.25) is 0 Å². The van der Waals surface area contributed by atoms with E-state index in [9.17, 15) is 22.8 Å². The third-order valence-corrected chi connectivity index (χ3v) is 18.6. The number of halogens is 3. The van der Waals surface area contributed by atoms with Crippen molar-refractivity contribution in [3.63, 3.8) is 0 Å². The molecular formula is C41H63F3O7Si2. The van der Waals surface area contributed by atoms with Crippen molar-refractivity contribution in [2.45, 2.75) is 167 Å². The van der Waals surface area contributed by atoms with Crippen molar-refractivity contribution in [3.05, 3.63) is 53.6 Å². The molecule has 1 heterocycles. The summed E-state index contributed by atoms with van der Waals surface area (Å²) in [6, 6.07) is 5.60. The van der Waals surface area contributed by atoms with Crippen LogP contribution in [0.4, 0.5) is 13.2 Å². The Morgan fingerprint density at radius 2 is 1.75 bits per heavy atom. The van der Waals surface area contributed by atoms with Crippen LogP contribution in [-0.4, -0.2) is 59.1 Å². The fourth-order valence-electron chi connectivity index (χ4n) is 7.64. The number of ether oxygens (including phenoxy) is 3. The largest absolute Gasteiger partial charge is 0.479 e. The molecule has 1 saturated heterocycles. The summed E-state index contributed by atoms with van der Waals surface area (Å²) >= 11 is 0. The average Bonchev–Trinajstić information content (AvgIpc) is 3.04. The molecule has 4 rings (SSSR count). The van der Waals surface area contributed by atoms with Crippen LogP contribution in [0.3, 0.4) is 0 Å². The third-order valence-electron chi connectivity index (χ3n) is 11.6. The Bertz CT molecular complexity index is 1470. The molecular weight excluding hydrogens is 718 g/mol. The number of cyclic esters (lactones) is 1. The molecule has 12 heteroatoms. The zero-order chi connectivity index (χ0) is 39.4. The number of rotatable bonds is 15. The summed E-state index contributed by atoms with van der Waals surface area (Å²) in [6.07, 6.45) is 4.86. The minimum atomic E-state index is -4.54. The molecule has 0 saturated carbocycles. The highest BCUT2D eigenvalue weighted by molar-refractivity contribution is 6.74. The minimum Gasteiger partial charge on any atom is -0.479 e. The number of esters is 2. The molecule has 8 atom stereocenters. The molecule has 1 aromatic rings. The maximum absolute atomic E-state index is 13.9. The van der Waals surface area contributed by atoms with Gasteiger partial charge in [0, 0.05) is 18.8 Å². The number of fused-ring (bicyclic) bond motifs is 1. The summed E-state index contributed by atoms with van der Waals surface area (Å²) < 4.78 is 71.9. The van der Waals surface area contributed by atoms with E-state index >= 15 is 0 Å². The van der Waals surface area contributed by atoms with E-state index in [2.05, 4.69) is 79.0 Å². The Morgan fingerprint density at radius 1 is 1.04 bits per heavy atom. The van der Waals surface area contributed by atoms with Gasteiger partial charge in [-0.05, 0) is 92.1 Å². The van der Waals surface area contributed by atoms with Crippen LogP contribution in [0, 0.1) is 17.8 Å². The van der Waals surface area contributed by atoms with E-state index in [1.54, 1.807) is 6.92 Å². The fraction of sp³-hybridized carbons (Fsp3) is 0.707. The number of alkyl halides is 3. The Balaban J connectivity index is 1.56. The van der Waals surface area contributed by atoms with Gasteiger partial charge in [0.15, 0.2) is 22.7 Å². The molecule has 53 heavy (non-hydrogen) atoms. The van der Waals surface area contributed by atoms with Crippen molar-refractivity contribution in [1.82, 2.24) is 0 Å². The zero-order valence-electron chi connectivity index (χ0n) is 33.5. The second-order valence-electron chi connectivity index (χ2n) is 17.5. The van der Waals surface area contributed by atoms with Gasteiger partial charge in [-0.2, -0.15) is 13.2 Å². The van der Waals surface area contributed by atoms with Crippen molar-refractivity contribution in [2.75, 3.05) is 0 Å². The lowest BCUT2D eigenvalue weighted by Crippen LogP contribution is -2.47. The monoisotopic (exact) mass is 780 g/mol. The minimum absolute atomic E-state index is 0.0219. The second kappa shape index (κ2) is 17.6. The Kier molecular flexibility index (Phi) is 14.4. The first-order valence-electron chi connectivity index (χ1n) is 19.6. The van der Waals surface area contributed by atoms with Crippen LogP contribution in [0.5, 0.6) is 5.75 Å². The molecule has 0 N–H and O–H groups in total. The lowest BCUT2D eigenvalue weighted by atomic mass is 9.66. The highest BCUT2D eigenvalue weighted by Gasteiger charge is 2.46. The molecule has 0 bridgehead atoms. The molecule has 0 amide bonds. The lowest BCUT2D eigenvalue weighted by molar-refractivity contribution is -0.164. The molecule has 7 nitrogen and oxygen atoms in total. The fourth-order valence-corrected chi connectivity index (χ4v) is 11.3. The van der Waals surface area contributed by atoms with Gasteiger partial charge in [-0.25, -0.2) is 4.79 Å². The van der Waals surface area contributed by atoms with E-state index in [0.29, 0.717) is 19.3 Å². The Labute approximate surface area is 317 Å². The maximum atomic E-state index is 13.9. The first-order valence-corrected chi connectivity index (χ1v) is 25.6. The summed E-state index contributed by atoms with van der Waals surface area (Å²) in [7, 11) is -4.12. The molecule has 0 aromatic heterocycles. The zero-order valence-corrected chi connectivity index (χ0v) is 35.5. The molecule has 0 spiro atoms. The molecule has 1 unspecified atom stereocenters. The van der Waals surface area contributed by atoms with E-state index in [4.69, 9.17) is 23.1 Å². The van der Waals surface area contributed by atoms with Crippen LogP contribution >= 0.6 is 0 Å². The standard InChI is InChI=1S/C41H63F3O7Si2/c1-11-13-21-52(7,8)50-32-22-28-18-17-27(3)34(20-19-31-24-33(26-37(45)48-31)51-53(9,10)40(4,5)6)38(28)36(25-32)49-39(46)35(12-2)47-30-16-14-15-29(23-30)41(42,43)44/h14-18,22-23,27,31-36,38H,11-13,19-21,24-26H2,1-10H3/t27-,31+,32+,33+,34-,35?,36-,38-/m0/s1. The second-order valence-corrected chi connectivity index (χ2v) is 26.5. The lowest BCUT2D eigenvalue weighted by Gasteiger charge is -2.45. The van der Waals surface area contributed by atoms with Gasteiger partial charge in [0.25, 0.3) is 0 Å². The number of carbonyl (C=O) groups excluding carboxylic acids is 2. The summed E-state index contributed by atoms with van der Waals surface area (Å²) in [5, 5.41) is 0.0219. The number of carbonyl (C=O) groups is 2. The highest BCUT2D eigenvalue weighted by Crippen LogP contribution is 2.46. The molecule has 1 aliphatic heterocycles. The number of hydrogen-bond acceptors (Lipinski definition) is 7. The number of unbranched alkanes of at least 4 members (excludes halogenated alkanes) is 1. The van der Waals surface area contributed by atoms with Gasteiger partial charge in [-0.3, -0.25) is 4.79 Å². The number of allylic oxidation sites excluding steroid dienone is 2. The van der Waals surface area contributed by atoms with Crippen molar-refractivity contribution in [2.24, 2.45) is 17.8 Å². The Hall–Kier alpha value is -2.42. The molecule has 2 aliphatic carbocycles. The maximum Gasteiger partial charge on any atom is 0.416 e. The van der Waals surface area contributed by atoms with Crippen molar-refractivity contribution in [3.8, 4) is 5.75 Å². The smallest absolute Gasteiger partial charge is 0.416 e. The first-order chi connectivity index (χ1) is 24.6. The van der Waals surface area contributed by atoms with Crippen LogP contribution in [0.2, 0.25) is 37.3 Å². The number of hydrogen-bond donors (Lipinski definition) is 0. The predicted octanol–water partition coefficient (Wildman–Crippen LogP) is 10.8. The summed E-state index contributed by atoms with van der Waals surface area (Å²) in [5.74, 6) is -0.766. The Morgan fingerprint density at radius 3 is 2.40 bits per heavy atom. The normalized spacial score (nSPS) is 27.4. The topological polar surface area (TPSA) is 80.3 Å². The van der Waals surface area contributed by atoms with Gasteiger partial charge < -0.3 is 23.1 Å². The van der Waals surface area contributed by atoms with Gasteiger partial charge in [-0.1, -0.05) is 78.7 Å². The predicted molar refractivity (Wildman–Crippen MR) is 207 cm³/mol. The SMILES string of the molecule is CCCC[Si](C)(C)O[C@@H]1C=C2C=C[C@H](C)[C@H](CC[C@@H]3C[C@@H](O[Si](C)(C)C(C)(C)C)CC(=O)O3)[C@H]2[C@@H](OC(=O)C(CC)Oc2cccc(C(F)(F)F)c2)C1. The van der Waals surface area contributed by atoms with Crippen molar-refractivity contribution in [1.29, 1.82) is 0 Å². The van der Waals surface area contributed by atoms with Crippen LogP contribution in [0.25, 0.3) is 0 Å². The van der Waals surface area contributed by atoms with Crippen molar-refractivity contribution < 1.29 is 45.8 Å². The average molecular weight is 781 g/mol.